The summed E-state index contributed by atoms with van der Waals surface area (Å²) in [7, 11) is 0. The molecule has 0 radical (unpaired) electrons. The lowest BCUT2D eigenvalue weighted by atomic mass is 9.94. The van der Waals surface area contributed by atoms with E-state index in [4.69, 9.17) is 9.47 Å². The number of aliphatic hydroxyl groups is 1. The Balaban J connectivity index is 1.47. The molecule has 8 heteroatoms. The number of allylic oxidation sites excluding steroid dienone is 2. The van der Waals surface area contributed by atoms with Crippen molar-refractivity contribution in [1.29, 1.82) is 0 Å². The fourth-order valence-corrected chi connectivity index (χ4v) is 5.09. The number of hydrogen-bond donors (Lipinski definition) is 3. The number of esters is 1. The fourth-order valence-electron chi connectivity index (χ4n) is 5.09. The summed E-state index contributed by atoms with van der Waals surface area (Å²) in [6.45, 7) is 1.98. The zero-order valence-corrected chi connectivity index (χ0v) is 25.2. The van der Waals surface area contributed by atoms with E-state index in [1.165, 1.54) is 0 Å². The van der Waals surface area contributed by atoms with Crippen LogP contribution in [0.15, 0.2) is 97.1 Å². The van der Waals surface area contributed by atoms with Gasteiger partial charge in [-0.1, -0.05) is 84.9 Å². The van der Waals surface area contributed by atoms with Gasteiger partial charge >= 0.3 is 5.97 Å². The van der Waals surface area contributed by atoms with Crippen LogP contribution < -0.4 is 15.4 Å². The molecule has 1 aliphatic rings. The number of amides is 2. The van der Waals surface area contributed by atoms with E-state index in [2.05, 4.69) is 10.6 Å². The quantitative estimate of drug-likeness (QED) is 0.221. The molecular weight excluding hydrogens is 556 g/mol. The summed E-state index contributed by atoms with van der Waals surface area (Å²) in [6, 6.07) is 26.5. The molecule has 2 amide bonds. The number of ether oxygens (including phenoxy) is 2. The van der Waals surface area contributed by atoms with Crippen molar-refractivity contribution in [3.05, 3.63) is 114 Å². The molecule has 8 nitrogen and oxygen atoms in total. The topological polar surface area (TPSA) is 114 Å². The molecule has 0 fully saturated rings. The molecule has 4 atom stereocenters. The molecular formula is C36H42N2O6. The summed E-state index contributed by atoms with van der Waals surface area (Å²) in [6.07, 6.45) is 5.51. The number of cyclic esters (lactones) is 1. The molecule has 1 heterocycles. The van der Waals surface area contributed by atoms with Crippen LogP contribution in [0.2, 0.25) is 0 Å². The van der Waals surface area contributed by atoms with Gasteiger partial charge in [0.2, 0.25) is 11.8 Å². The number of hydrogen-bond acceptors (Lipinski definition) is 6. The predicted octanol–water partition coefficient (Wildman–Crippen LogP) is 4.55. The highest BCUT2D eigenvalue weighted by Crippen LogP contribution is 2.20. The number of carbonyl (C=O) groups is 3. The highest BCUT2D eigenvalue weighted by molar-refractivity contribution is 5.86. The summed E-state index contributed by atoms with van der Waals surface area (Å²) in [4.78, 5) is 39.3. The Labute approximate surface area is 259 Å². The average molecular weight is 599 g/mol. The predicted molar refractivity (Wildman–Crippen MR) is 169 cm³/mol. The average Bonchev–Trinajstić information content (AvgIpc) is 3.04. The number of nitrogens with one attached hydrogen (secondary N) is 2. The second kappa shape index (κ2) is 17.0. The van der Waals surface area contributed by atoms with Gasteiger partial charge in [0.25, 0.3) is 0 Å². The van der Waals surface area contributed by atoms with Crippen molar-refractivity contribution >= 4 is 17.8 Å². The number of rotatable bonds is 11. The largest absolute Gasteiger partial charge is 0.489 e. The highest BCUT2D eigenvalue weighted by Gasteiger charge is 2.27. The van der Waals surface area contributed by atoms with Gasteiger partial charge in [-0.05, 0) is 61.4 Å². The summed E-state index contributed by atoms with van der Waals surface area (Å²) < 4.78 is 11.7. The van der Waals surface area contributed by atoms with Gasteiger partial charge in [-0.3, -0.25) is 14.4 Å². The molecule has 0 unspecified atom stereocenters. The molecule has 3 N–H and O–H groups in total. The Morgan fingerprint density at radius 1 is 0.886 bits per heavy atom. The van der Waals surface area contributed by atoms with Gasteiger partial charge in [0, 0.05) is 12.5 Å². The van der Waals surface area contributed by atoms with Gasteiger partial charge in [-0.15, -0.1) is 0 Å². The third-order valence-electron chi connectivity index (χ3n) is 7.58. The van der Waals surface area contributed by atoms with Crippen LogP contribution in [0, 0.1) is 11.8 Å². The third-order valence-corrected chi connectivity index (χ3v) is 7.58. The van der Waals surface area contributed by atoms with Gasteiger partial charge in [0.15, 0.2) is 0 Å². The van der Waals surface area contributed by atoms with Crippen molar-refractivity contribution in [2.45, 2.75) is 57.7 Å². The molecule has 4 rings (SSSR count). The lowest BCUT2D eigenvalue weighted by Crippen LogP contribution is -2.45. The Morgan fingerprint density at radius 2 is 1.50 bits per heavy atom. The van der Waals surface area contributed by atoms with E-state index in [9.17, 15) is 19.5 Å². The standard InChI is InChI=1S/C36H42N2O6/c1-26(23-39)37-34(40)22-30-14-8-9-15-31(20-27-10-4-2-5-11-27)36(42)44-25-32(38-35(30)41)21-28-16-18-33(19-17-28)43-24-29-12-6-3-7-13-29/h2-13,16-19,26,30-32,39H,14-15,20-25H2,1H3,(H,37,40)(H,38,41)/t26-,30-,31+,32+/m1/s1. The first-order chi connectivity index (χ1) is 21.4. The second-order valence-electron chi connectivity index (χ2n) is 11.3. The second-order valence-corrected chi connectivity index (χ2v) is 11.3. The van der Waals surface area contributed by atoms with Crippen LogP contribution in [-0.2, 0) is 38.6 Å². The van der Waals surface area contributed by atoms with Gasteiger partial charge in [0.05, 0.1) is 24.5 Å². The zero-order chi connectivity index (χ0) is 31.1. The Kier molecular flexibility index (Phi) is 12.6. The molecule has 1 aliphatic heterocycles. The Bertz CT molecular complexity index is 1360. The van der Waals surface area contributed by atoms with Crippen molar-refractivity contribution in [1.82, 2.24) is 10.6 Å². The minimum atomic E-state index is -0.615. The maximum Gasteiger partial charge on any atom is 0.309 e. The van der Waals surface area contributed by atoms with E-state index in [-0.39, 0.29) is 43.3 Å². The first-order valence-electron chi connectivity index (χ1n) is 15.2. The van der Waals surface area contributed by atoms with E-state index < -0.39 is 18.0 Å². The van der Waals surface area contributed by atoms with E-state index in [1.54, 1.807) is 6.92 Å². The van der Waals surface area contributed by atoms with Crippen LogP contribution in [0.1, 0.15) is 42.9 Å². The van der Waals surface area contributed by atoms with Crippen LogP contribution in [0.25, 0.3) is 0 Å². The number of benzene rings is 3. The maximum absolute atomic E-state index is 13.4. The summed E-state index contributed by atoms with van der Waals surface area (Å²) in [5.74, 6) is -1.16. The lowest BCUT2D eigenvalue weighted by Gasteiger charge is -2.24. The van der Waals surface area contributed by atoms with Crippen LogP contribution in [-0.4, -0.2) is 48.2 Å². The Morgan fingerprint density at radius 3 is 2.16 bits per heavy atom. The maximum atomic E-state index is 13.4. The highest BCUT2D eigenvalue weighted by atomic mass is 16.5. The van der Waals surface area contributed by atoms with Gasteiger partial charge < -0.3 is 25.2 Å². The number of carbonyl (C=O) groups excluding carboxylic acids is 3. The van der Waals surface area contributed by atoms with Gasteiger partial charge in [0.1, 0.15) is 19.0 Å². The first-order valence-corrected chi connectivity index (χ1v) is 15.2. The third kappa shape index (κ3) is 10.7. The SMILES string of the molecule is C[C@H](CO)NC(=O)C[C@H]1CC=CC[C@@H](Cc2ccccc2)C(=O)OC[C@H](Cc2ccc(OCc3ccccc3)cc2)NC1=O. The monoisotopic (exact) mass is 598 g/mol. The molecule has 0 saturated carbocycles. The summed E-state index contributed by atoms with van der Waals surface area (Å²) in [5.41, 5.74) is 3.06. The summed E-state index contributed by atoms with van der Waals surface area (Å²) >= 11 is 0. The Hall–Kier alpha value is -4.43. The molecule has 44 heavy (non-hydrogen) atoms. The minimum absolute atomic E-state index is 0.00625. The molecule has 232 valence electrons. The minimum Gasteiger partial charge on any atom is -0.489 e. The lowest BCUT2D eigenvalue weighted by molar-refractivity contribution is -0.150. The molecule has 0 aliphatic carbocycles. The van der Waals surface area contributed by atoms with Gasteiger partial charge in [-0.2, -0.15) is 0 Å². The molecule has 3 aromatic rings. The van der Waals surface area contributed by atoms with Crippen LogP contribution in [0.3, 0.4) is 0 Å². The smallest absolute Gasteiger partial charge is 0.309 e. The van der Waals surface area contributed by atoms with E-state index >= 15 is 0 Å². The normalized spacial score (nSPS) is 19.9. The van der Waals surface area contributed by atoms with E-state index in [0.29, 0.717) is 32.3 Å². The molecule has 0 bridgehead atoms. The van der Waals surface area contributed by atoms with Crippen molar-refractivity contribution < 1.29 is 29.0 Å². The zero-order valence-electron chi connectivity index (χ0n) is 25.2. The molecule has 0 aromatic heterocycles. The van der Waals surface area contributed by atoms with Crippen LogP contribution in [0.5, 0.6) is 5.75 Å². The van der Waals surface area contributed by atoms with Gasteiger partial charge in [-0.25, -0.2) is 0 Å². The van der Waals surface area contributed by atoms with Crippen molar-refractivity contribution in [3.63, 3.8) is 0 Å². The fraction of sp³-hybridized carbons (Fsp3) is 0.361. The van der Waals surface area contributed by atoms with Crippen LogP contribution >= 0.6 is 0 Å². The van der Waals surface area contributed by atoms with Crippen LogP contribution in [0.4, 0.5) is 0 Å². The number of aliphatic hydroxyl groups excluding tert-OH is 1. The van der Waals surface area contributed by atoms with E-state index in [1.807, 2.05) is 97.1 Å². The molecule has 0 saturated heterocycles. The first kappa shape index (κ1) is 32.5. The molecule has 0 spiro atoms. The molecule has 3 aromatic carbocycles. The van der Waals surface area contributed by atoms with E-state index in [0.717, 1.165) is 22.4 Å². The summed E-state index contributed by atoms with van der Waals surface area (Å²) in [5, 5.41) is 15.1. The van der Waals surface area contributed by atoms with Crippen molar-refractivity contribution in [2.75, 3.05) is 13.2 Å². The van der Waals surface area contributed by atoms with Crippen molar-refractivity contribution in [3.8, 4) is 5.75 Å². The van der Waals surface area contributed by atoms with Crippen molar-refractivity contribution in [2.24, 2.45) is 11.8 Å².